The molecule has 0 fully saturated rings. The summed E-state index contributed by atoms with van der Waals surface area (Å²) in [5.74, 6) is -0.182. The number of aromatic nitrogens is 2. The molecule has 1 aromatic heterocycles. The van der Waals surface area contributed by atoms with Crippen LogP contribution in [-0.2, 0) is 29.0 Å². The SMILES string of the molecule is CCOC(=O)CN(C)Cc1cc(CC)nn1CC. The number of aryl methyl sites for hydroxylation is 2. The first-order valence-electron chi connectivity index (χ1n) is 6.50. The van der Waals surface area contributed by atoms with Crippen LogP contribution in [0.1, 0.15) is 32.2 Å². The van der Waals surface area contributed by atoms with Crippen LogP contribution in [0.2, 0.25) is 0 Å². The molecule has 18 heavy (non-hydrogen) atoms. The number of ether oxygens (including phenoxy) is 1. The van der Waals surface area contributed by atoms with Crippen molar-refractivity contribution in [3.63, 3.8) is 0 Å². The van der Waals surface area contributed by atoms with Crippen molar-refractivity contribution in [2.75, 3.05) is 20.2 Å². The number of esters is 1. The summed E-state index contributed by atoms with van der Waals surface area (Å²) in [7, 11) is 1.91. The molecule has 0 saturated heterocycles. The van der Waals surface area contributed by atoms with E-state index in [1.165, 1.54) is 0 Å². The normalized spacial score (nSPS) is 10.9. The molecule has 1 heterocycles. The number of hydrogen-bond donors (Lipinski definition) is 0. The summed E-state index contributed by atoms with van der Waals surface area (Å²) >= 11 is 0. The molecule has 0 unspecified atom stereocenters. The van der Waals surface area contributed by atoms with Gasteiger partial charge < -0.3 is 4.74 Å². The Morgan fingerprint density at radius 3 is 2.72 bits per heavy atom. The van der Waals surface area contributed by atoms with E-state index in [0.717, 1.165) is 24.4 Å². The van der Waals surface area contributed by atoms with E-state index in [4.69, 9.17) is 4.74 Å². The van der Waals surface area contributed by atoms with E-state index in [2.05, 4.69) is 25.0 Å². The number of carbonyl (C=O) groups is 1. The molecule has 0 aromatic carbocycles. The summed E-state index contributed by atoms with van der Waals surface area (Å²) in [6.45, 7) is 8.28. The molecule has 0 amide bonds. The van der Waals surface area contributed by atoms with Gasteiger partial charge in [0.05, 0.1) is 24.5 Å². The molecular formula is C13H23N3O2. The van der Waals surface area contributed by atoms with Gasteiger partial charge in [0.1, 0.15) is 0 Å². The maximum absolute atomic E-state index is 11.4. The molecule has 5 heteroatoms. The molecule has 1 aromatic rings. The van der Waals surface area contributed by atoms with E-state index in [9.17, 15) is 4.79 Å². The third kappa shape index (κ3) is 4.14. The highest BCUT2D eigenvalue weighted by Gasteiger charge is 2.11. The fourth-order valence-corrected chi connectivity index (χ4v) is 1.85. The molecule has 0 spiro atoms. The van der Waals surface area contributed by atoms with Crippen LogP contribution in [0, 0.1) is 0 Å². The first-order chi connectivity index (χ1) is 8.60. The molecular weight excluding hydrogens is 230 g/mol. The molecule has 0 N–H and O–H groups in total. The average Bonchev–Trinajstić information content (AvgIpc) is 2.71. The van der Waals surface area contributed by atoms with Crippen molar-refractivity contribution in [3.8, 4) is 0 Å². The van der Waals surface area contributed by atoms with Crippen molar-refractivity contribution < 1.29 is 9.53 Å². The van der Waals surface area contributed by atoms with Gasteiger partial charge in [-0.2, -0.15) is 5.10 Å². The van der Waals surface area contributed by atoms with Crippen LogP contribution in [0.3, 0.4) is 0 Å². The minimum Gasteiger partial charge on any atom is -0.465 e. The van der Waals surface area contributed by atoms with Crippen LogP contribution in [-0.4, -0.2) is 40.8 Å². The molecule has 1 rings (SSSR count). The highest BCUT2D eigenvalue weighted by molar-refractivity contribution is 5.71. The van der Waals surface area contributed by atoms with Crippen molar-refractivity contribution >= 4 is 5.97 Å². The Hall–Kier alpha value is -1.36. The predicted molar refractivity (Wildman–Crippen MR) is 70.2 cm³/mol. The van der Waals surface area contributed by atoms with Crippen LogP contribution in [0.4, 0.5) is 0 Å². The highest BCUT2D eigenvalue weighted by Crippen LogP contribution is 2.08. The van der Waals surface area contributed by atoms with Crippen LogP contribution in [0.25, 0.3) is 0 Å². The van der Waals surface area contributed by atoms with E-state index in [-0.39, 0.29) is 5.97 Å². The Bertz CT molecular complexity index is 388. The molecule has 0 saturated carbocycles. The topological polar surface area (TPSA) is 47.4 Å². The van der Waals surface area contributed by atoms with E-state index < -0.39 is 0 Å². The van der Waals surface area contributed by atoms with Gasteiger partial charge >= 0.3 is 5.97 Å². The number of hydrogen-bond acceptors (Lipinski definition) is 4. The largest absolute Gasteiger partial charge is 0.465 e. The van der Waals surface area contributed by atoms with Crippen molar-refractivity contribution in [1.82, 2.24) is 14.7 Å². The van der Waals surface area contributed by atoms with Gasteiger partial charge in [0.2, 0.25) is 0 Å². The lowest BCUT2D eigenvalue weighted by molar-refractivity contribution is -0.144. The maximum Gasteiger partial charge on any atom is 0.320 e. The van der Waals surface area contributed by atoms with Gasteiger partial charge in [0.15, 0.2) is 0 Å². The van der Waals surface area contributed by atoms with Gasteiger partial charge in [-0.3, -0.25) is 14.4 Å². The van der Waals surface area contributed by atoms with Gasteiger partial charge in [-0.1, -0.05) is 6.92 Å². The summed E-state index contributed by atoms with van der Waals surface area (Å²) in [6.07, 6.45) is 0.932. The molecule has 0 aliphatic rings. The monoisotopic (exact) mass is 253 g/mol. The first-order valence-corrected chi connectivity index (χ1v) is 6.50. The first kappa shape index (κ1) is 14.7. The van der Waals surface area contributed by atoms with Crippen LogP contribution in [0.15, 0.2) is 6.07 Å². The minimum atomic E-state index is -0.182. The molecule has 0 aliphatic heterocycles. The number of nitrogens with zero attached hydrogens (tertiary/aromatic N) is 3. The zero-order chi connectivity index (χ0) is 13.5. The second-order valence-electron chi connectivity index (χ2n) is 4.27. The minimum absolute atomic E-state index is 0.182. The van der Waals surface area contributed by atoms with Crippen molar-refractivity contribution in [2.45, 2.75) is 40.3 Å². The Morgan fingerprint density at radius 2 is 2.17 bits per heavy atom. The fourth-order valence-electron chi connectivity index (χ4n) is 1.85. The third-order valence-electron chi connectivity index (χ3n) is 2.71. The van der Waals surface area contributed by atoms with Gasteiger partial charge in [-0.25, -0.2) is 0 Å². The lowest BCUT2D eigenvalue weighted by Gasteiger charge is -2.15. The zero-order valence-electron chi connectivity index (χ0n) is 11.8. The maximum atomic E-state index is 11.4. The molecule has 5 nitrogen and oxygen atoms in total. The Labute approximate surface area is 109 Å². The quantitative estimate of drug-likeness (QED) is 0.690. The van der Waals surface area contributed by atoms with E-state index in [0.29, 0.717) is 19.7 Å². The second-order valence-corrected chi connectivity index (χ2v) is 4.27. The Morgan fingerprint density at radius 1 is 1.44 bits per heavy atom. The summed E-state index contributed by atoms with van der Waals surface area (Å²) in [6, 6.07) is 2.10. The summed E-state index contributed by atoms with van der Waals surface area (Å²) in [5, 5.41) is 4.49. The summed E-state index contributed by atoms with van der Waals surface area (Å²) in [4.78, 5) is 13.3. The van der Waals surface area contributed by atoms with E-state index in [1.807, 2.05) is 23.6 Å². The summed E-state index contributed by atoms with van der Waals surface area (Å²) < 4.78 is 6.92. The fraction of sp³-hybridized carbons (Fsp3) is 0.692. The third-order valence-corrected chi connectivity index (χ3v) is 2.71. The number of carbonyl (C=O) groups excluding carboxylic acids is 1. The van der Waals surface area contributed by atoms with E-state index in [1.54, 1.807) is 0 Å². The van der Waals surface area contributed by atoms with Gasteiger partial charge in [0.25, 0.3) is 0 Å². The van der Waals surface area contributed by atoms with Crippen molar-refractivity contribution in [1.29, 1.82) is 0 Å². The van der Waals surface area contributed by atoms with Crippen molar-refractivity contribution in [2.24, 2.45) is 0 Å². The Balaban J connectivity index is 2.60. The van der Waals surface area contributed by atoms with Crippen LogP contribution < -0.4 is 0 Å². The second kappa shape index (κ2) is 7.16. The molecule has 102 valence electrons. The highest BCUT2D eigenvalue weighted by atomic mass is 16.5. The number of likely N-dealkylation sites (N-methyl/N-ethyl adjacent to an activating group) is 1. The predicted octanol–water partition coefficient (Wildman–Crippen LogP) is 1.46. The average molecular weight is 253 g/mol. The smallest absolute Gasteiger partial charge is 0.320 e. The van der Waals surface area contributed by atoms with Crippen molar-refractivity contribution in [3.05, 3.63) is 17.5 Å². The van der Waals surface area contributed by atoms with Gasteiger partial charge in [0, 0.05) is 13.1 Å². The molecule has 0 aliphatic carbocycles. The lowest BCUT2D eigenvalue weighted by Crippen LogP contribution is -2.28. The lowest BCUT2D eigenvalue weighted by atomic mass is 10.3. The molecule has 0 bridgehead atoms. The van der Waals surface area contributed by atoms with Gasteiger partial charge in [-0.05, 0) is 33.4 Å². The molecule has 0 radical (unpaired) electrons. The Kier molecular flexibility index (Phi) is 5.85. The number of rotatable bonds is 7. The zero-order valence-corrected chi connectivity index (χ0v) is 11.8. The van der Waals surface area contributed by atoms with Gasteiger partial charge in [-0.15, -0.1) is 0 Å². The van der Waals surface area contributed by atoms with Crippen LogP contribution >= 0.6 is 0 Å². The van der Waals surface area contributed by atoms with E-state index >= 15 is 0 Å². The van der Waals surface area contributed by atoms with Crippen LogP contribution in [0.5, 0.6) is 0 Å². The standard InChI is InChI=1S/C13H23N3O2/c1-5-11-8-12(16(6-2)14-11)9-15(4)10-13(17)18-7-3/h8H,5-7,9-10H2,1-4H3. The summed E-state index contributed by atoms with van der Waals surface area (Å²) in [5.41, 5.74) is 2.23. The molecule has 0 atom stereocenters.